The summed E-state index contributed by atoms with van der Waals surface area (Å²) >= 11 is 0. The van der Waals surface area contributed by atoms with E-state index in [2.05, 4.69) is 15.0 Å². The molecule has 1 saturated heterocycles. The van der Waals surface area contributed by atoms with Crippen LogP contribution in [0.2, 0.25) is 0 Å². The second-order valence-corrected chi connectivity index (χ2v) is 9.56. The van der Waals surface area contributed by atoms with Crippen LogP contribution < -0.4 is 0 Å². The molecule has 0 unspecified atom stereocenters. The predicted octanol–water partition coefficient (Wildman–Crippen LogP) is 3.66. The van der Waals surface area contributed by atoms with E-state index >= 15 is 0 Å². The van der Waals surface area contributed by atoms with Crippen molar-refractivity contribution in [2.75, 3.05) is 6.54 Å². The number of aryl methyl sites for hydroxylation is 1. The van der Waals surface area contributed by atoms with Crippen LogP contribution in [-0.2, 0) is 27.4 Å². The Kier molecular flexibility index (Phi) is 6.45. The quantitative estimate of drug-likeness (QED) is 0.466. The van der Waals surface area contributed by atoms with Gasteiger partial charge < -0.3 is 0 Å². The first kappa shape index (κ1) is 23.9. The van der Waals surface area contributed by atoms with Crippen LogP contribution in [0.15, 0.2) is 59.9 Å². The van der Waals surface area contributed by atoms with Crippen molar-refractivity contribution in [3.63, 3.8) is 0 Å². The lowest BCUT2D eigenvalue weighted by atomic mass is 9.98. The summed E-state index contributed by atoms with van der Waals surface area (Å²) in [6.07, 6.45) is -1.98. The number of aromatic nitrogens is 3. The highest BCUT2D eigenvalue weighted by Crippen LogP contribution is 2.30. The maximum absolute atomic E-state index is 13.1. The van der Waals surface area contributed by atoms with Gasteiger partial charge in [0.2, 0.25) is 10.0 Å². The molecule has 1 aromatic carbocycles. The Morgan fingerprint density at radius 1 is 1.03 bits per heavy atom. The van der Waals surface area contributed by atoms with Gasteiger partial charge in [0, 0.05) is 24.9 Å². The Bertz CT molecular complexity index is 1300. The van der Waals surface area contributed by atoms with Crippen LogP contribution in [0.4, 0.5) is 17.6 Å². The van der Waals surface area contributed by atoms with Gasteiger partial charge in [0.1, 0.15) is 12.1 Å². The lowest BCUT2D eigenvalue weighted by Crippen LogP contribution is -2.54. The van der Waals surface area contributed by atoms with E-state index in [0.29, 0.717) is 24.0 Å². The van der Waals surface area contributed by atoms with Gasteiger partial charge in [-0.25, -0.2) is 22.8 Å². The molecule has 2 aromatic heterocycles. The van der Waals surface area contributed by atoms with E-state index in [1.165, 1.54) is 18.5 Å². The molecule has 12 heteroatoms. The summed E-state index contributed by atoms with van der Waals surface area (Å²) in [4.78, 5) is 24.5. The fourth-order valence-corrected chi connectivity index (χ4v) is 5.17. The summed E-state index contributed by atoms with van der Waals surface area (Å²) in [6, 6.07) is 7.21. The maximum Gasteiger partial charge on any atom is 0.417 e. The van der Waals surface area contributed by atoms with Crippen molar-refractivity contribution in [2.45, 2.75) is 36.4 Å². The van der Waals surface area contributed by atoms with Crippen LogP contribution in [0.3, 0.4) is 0 Å². The Morgan fingerprint density at radius 3 is 2.35 bits per heavy atom. The Hall–Kier alpha value is -3.25. The van der Waals surface area contributed by atoms with Gasteiger partial charge in [0.15, 0.2) is 5.78 Å². The number of sulfonamides is 1. The lowest BCUT2D eigenvalue weighted by Gasteiger charge is -2.38. The van der Waals surface area contributed by atoms with E-state index < -0.39 is 33.6 Å². The van der Waals surface area contributed by atoms with Crippen molar-refractivity contribution in [1.29, 1.82) is 0 Å². The molecule has 0 spiro atoms. The number of benzene rings is 1. The molecule has 1 fully saturated rings. The number of nitrogens with zero attached hydrogens (tertiary/aromatic N) is 4. The normalized spacial score (nSPS) is 16.8. The monoisotopic (exact) mass is 494 g/mol. The van der Waals surface area contributed by atoms with Crippen LogP contribution in [0.1, 0.15) is 24.1 Å². The van der Waals surface area contributed by atoms with Crippen LogP contribution in [0, 0.1) is 5.82 Å². The zero-order valence-corrected chi connectivity index (χ0v) is 18.4. The number of alkyl halides is 3. The van der Waals surface area contributed by atoms with Crippen molar-refractivity contribution in [3.05, 3.63) is 72.1 Å². The number of carbonyl (C=O) groups excluding carboxylic acids is 1. The highest BCUT2D eigenvalue weighted by Gasteiger charge is 2.42. The number of hydrogen-bond acceptors (Lipinski definition) is 6. The molecule has 0 radical (unpaired) electrons. The second-order valence-electron chi connectivity index (χ2n) is 7.66. The topological polar surface area (TPSA) is 93.1 Å². The minimum Gasteiger partial charge on any atom is -0.298 e. The van der Waals surface area contributed by atoms with Crippen molar-refractivity contribution in [3.8, 4) is 11.4 Å². The summed E-state index contributed by atoms with van der Waals surface area (Å²) in [5.74, 6) is -0.851. The van der Waals surface area contributed by atoms with E-state index in [1.807, 2.05) is 0 Å². The number of Topliss-reactive ketones (excluding diaryl/α,β-unsaturated/α-hetero) is 1. The van der Waals surface area contributed by atoms with Crippen LogP contribution in [0.5, 0.6) is 0 Å². The molecule has 1 aliphatic rings. The van der Waals surface area contributed by atoms with Crippen molar-refractivity contribution in [2.24, 2.45) is 0 Å². The van der Waals surface area contributed by atoms with Gasteiger partial charge in [-0.15, -0.1) is 0 Å². The third-order valence-electron chi connectivity index (χ3n) is 5.47. The molecule has 0 amide bonds. The molecule has 1 aliphatic heterocycles. The van der Waals surface area contributed by atoms with E-state index in [1.54, 1.807) is 0 Å². The first-order valence-corrected chi connectivity index (χ1v) is 11.6. The van der Waals surface area contributed by atoms with Gasteiger partial charge in [-0.1, -0.05) is 0 Å². The summed E-state index contributed by atoms with van der Waals surface area (Å²) in [7, 11) is -3.92. The number of hydrogen-bond donors (Lipinski definition) is 0. The molecule has 3 heterocycles. The van der Waals surface area contributed by atoms with Gasteiger partial charge in [-0.05, 0) is 55.3 Å². The van der Waals surface area contributed by atoms with Gasteiger partial charge in [0.05, 0.1) is 27.9 Å². The lowest BCUT2D eigenvalue weighted by molar-refractivity contribution is -0.137. The standard InChI is InChI=1S/C22H18F4N4O3S/c23-15-2-5-17(6-3-15)34(32,33)30-10-9-20(30)21(31)8-4-16-11-19(29-13-28-16)18-7-1-14(12-27-18)22(24,25)26/h1-3,5-7,11-13,20H,4,8-10H2/t20-/m0/s1. The van der Waals surface area contributed by atoms with Crippen molar-refractivity contribution < 1.29 is 30.8 Å². The maximum atomic E-state index is 13.1. The Balaban J connectivity index is 1.41. The van der Waals surface area contributed by atoms with E-state index in [4.69, 9.17) is 0 Å². The molecule has 3 aromatic rings. The van der Waals surface area contributed by atoms with Crippen LogP contribution in [0.25, 0.3) is 11.4 Å². The fraction of sp³-hybridized carbons (Fsp3) is 0.273. The number of rotatable bonds is 7. The third-order valence-corrected chi connectivity index (χ3v) is 7.39. The smallest absolute Gasteiger partial charge is 0.298 e. The molecule has 0 aliphatic carbocycles. The number of halogens is 4. The minimum absolute atomic E-state index is 0.0109. The number of pyridine rings is 1. The molecule has 178 valence electrons. The predicted molar refractivity (Wildman–Crippen MR) is 112 cm³/mol. The van der Waals surface area contributed by atoms with Gasteiger partial charge >= 0.3 is 6.18 Å². The fourth-order valence-electron chi connectivity index (χ4n) is 3.52. The molecule has 7 nitrogen and oxygen atoms in total. The number of carbonyl (C=O) groups is 1. The summed E-state index contributed by atoms with van der Waals surface area (Å²) in [5.41, 5.74) is 0.109. The molecular formula is C22H18F4N4O3S. The summed E-state index contributed by atoms with van der Waals surface area (Å²) < 4.78 is 77.9. The van der Waals surface area contributed by atoms with Crippen molar-refractivity contribution >= 4 is 15.8 Å². The second kappa shape index (κ2) is 9.18. The number of ketones is 1. The van der Waals surface area contributed by atoms with Gasteiger partial charge in [-0.3, -0.25) is 9.78 Å². The van der Waals surface area contributed by atoms with E-state index in [-0.39, 0.29) is 35.8 Å². The first-order chi connectivity index (χ1) is 16.1. The van der Waals surface area contributed by atoms with Crippen molar-refractivity contribution in [1.82, 2.24) is 19.3 Å². The van der Waals surface area contributed by atoms with Crippen LogP contribution >= 0.6 is 0 Å². The Labute approximate surface area is 192 Å². The average Bonchev–Trinajstić information content (AvgIpc) is 2.77. The first-order valence-electron chi connectivity index (χ1n) is 10.2. The van der Waals surface area contributed by atoms with Gasteiger partial charge in [0.25, 0.3) is 0 Å². The molecule has 4 rings (SSSR count). The molecule has 1 atom stereocenters. The van der Waals surface area contributed by atoms with E-state index in [0.717, 1.165) is 34.6 Å². The summed E-state index contributed by atoms with van der Waals surface area (Å²) in [5, 5.41) is 0. The van der Waals surface area contributed by atoms with Crippen LogP contribution in [-0.4, -0.2) is 46.0 Å². The average molecular weight is 494 g/mol. The van der Waals surface area contributed by atoms with Gasteiger partial charge in [-0.2, -0.15) is 17.5 Å². The zero-order valence-electron chi connectivity index (χ0n) is 17.5. The Morgan fingerprint density at radius 2 is 1.76 bits per heavy atom. The highest BCUT2D eigenvalue weighted by atomic mass is 32.2. The van der Waals surface area contributed by atoms with E-state index in [9.17, 15) is 30.8 Å². The molecular weight excluding hydrogens is 476 g/mol. The molecule has 0 saturated carbocycles. The largest absolute Gasteiger partial charge is 0.417 e. The third kappa shape index (κ3) is 4.97. The molecule has 0 bridgehead atoms. The SMILES string of the molecule is O=C(CCc1cc(-c2ccc(C(F)(F)F)cn2)ncn1)[C@@H]1CCN1S(=O)(=O)c1ccc(F)cc1. The molecule has 0 N–H and O–H groups in total. The minimum atomic E-state index is -4.50. The zero-order chi connectivity index (χ0) is 24.5. The highest BCUT2D eigenvalue weighted by molar-refractivity contribution is 7.89. The summed E-state index contributed by atoms with van der Waals surface area (Å²) in [6.45, 7) is 0.188. The molecule has 34 heavy (non-hydrogen) atoms.